The Morgan fingerprint density at radius 1 is 0.526 bits per heavy atom. The van der Waals surface area contributed by atoms with Gasteiger partial charge in [-0.3, -0.25) is 37.4 Å². The SMILES string of the molecule is CNS(=O)(=O)c1ccc(Cn2c(=O)c3cc(C(=O)NCc4ccc(OC)cc4)ccc3n(C)c2=O)cc1.COc1ccc(CNC(=O)c2ccc3c(c2)c(=O)n(Cc2ccc(S(=O)(=O)NCCN(C)C)cc2)c(=O)n3C)cc1. The number of nitrogens with one attached hydrogen (secondary N) is 4. The summed E-state index contributed by atoms with van der Waals surface area (Å²) in [6, 6.07) is 35.7. The predicted molar refractivity (Wildman–Crippen MR) is 296 cm³/mol. The summed E-state index contributed by atoms with van der Waals surface area (Å²) in [6.45, 7) is 1.27. The number of aryl methyl sites for hydroxylation is 2. The largest absolute Gasteiger partial charge is 0.497 e. The fourth-order valence-corrected chi connectivity index (χ4v) is 9.92. The summed E-state index contributed by atoms with van der Waals surface area (Å²) in [5, 5.41) is 6.10. The van der Waals surface area contributed by atoms with Crippen molar-refractivity contribution < 1.29 is 35.9 Å². The predicted octanol–water partition coefficient (Wildman–Crippen LogP) is 3.12. The Kier molecular flexibility index (Phi) is 18.1. The molecule has 0 aliphatic rings. The zero-order valence-corrected chi connectivity index (χ0v) is 45.5. The van der Waals surface area contributed by atoms with Gasteiger partial charge in [-0.05, 0) is 128 Å². The lowest BCUT2D eigenvalue weighted by Gasteiger charge is -2.13. The van der Waals surface area contributed by atoms with Crippen LogP contribution in [0, 0.1) is 0 Å². The van der Waals surface area contributed by atoms with E-state index in [9.17, 15) is 45.6 Å². The molecule has 0 atom stereocenters. The van der Waals surface area contributed by atoms with Crippen molar-refractivity contribution in [3.63, 3.8) is 0 Å². The second kappa shape index (κ2) is 24.7. The lowest BCUT2D eigenvalue weighted by molar-refractivity contribution is 0.0943. The van der Waals surface area contributed by atoms with Crippen LogP contribution in [0.1, 0.15) is 43.0 Å². The van der Waals surface area contributed by atoms with E-state index in [4.69, 9.17) is 9.47 Å². The number of ether oxygens (including phenoxy) is 2. The third-order valence-corrected chi connectivity index (χ3v) is 15.6. The molecule has 0 aliphatic heterocycles. The van der Waals surface area contributed by atoms with Crippen molar-refractivity contribution in [3.8, 4) is 11.5 Å². The van der Waals surface area contributed by atoms with Crippen LogP contribution >= 0.6 is 0 Å². The Hall–Kier alpha value is -8.48. The zero-order chi connectivity index (χ0) is 56.5. The molecule has 2 amide bonds. The molecule has 8 rings (SSSR count). The number of rotatable bonds is 19. The van der Waals surface area contributed by atoms with Gasteiger partial charge in [0.05, 0.1) is 58.9 Å². The summed E-state index contributed by atoms with van der Waals surface area (Å²) in [5.74, 6) is 0.702. The molecule has 0 saturated carbocycles. The number of carbonyl (C=O) groups excluding carboxylic acids is 2. The Labute approximate surface area is 449 Å². The number of methoxy groups -OCH3 is 2. The van der Waals surface area contributed by atoms with E-state index in [0.29, 0.717) is 40.2 Å². The molecule has 0 saturated heterocycles. The van der Waals surface area contributed by atoms with Gasteiger partial charge in [0.15, 0.2) is 0 Å². The van der Waals surface area contributed by atoms with E-state index in [2.05, 4.69) is 20.1 Å². The van der Waals surface area contributed by atoms with Gasteiger partial charge in [0, 0.05) is 51.4 Å². The number of fused-ring (bicyclic) bond motifs is 2. The number of amides is 2. The van der Waals surface area contributed by atoms with Crippen molar-refractivity contribution >= 4 is 53.7 Å². The summed E-state index contributed by atoms with van der Waals surface area (Å²) < 4.78 is 68.9. The van der Waals surface area contributed by atoms with Gasteiger partial charge >= 0.3 is 11.4 Å². The average Bonchev–Trinajstić information content (AvgIpc) is 3.59. The molecule has 0 radical (unpaired) electrons. The fraction of sp³-hybridized carbons (Fsp3) is 0.236. The van der Waals surface area contributed by atoms with Gasteiger partial charge in [-0.2, -0.15) is 0 Å². The van der Waals surface area contributed by atoms with Gasteiger partial charge in [0.1, 0.15) is 11.5 Å². The van der Waals surface area contributed by atoms with Crippen molar-refractivity contribution in [2.24, 2.45) is 14.1 Å². The lowest BCUT2D eigenvalue weighted by atomic mass is 10.1. The topological polar surface area (TPSA) is 260 Å². The van der Waals surface area contributed by atoms with Gasteiger partial charge < -0.3 is 25.0 Å². The Morgan fingerprint density at radius 3 is 1.26 bits per heavy atom. The highest BCUT2D eigenvalue weighted by Gasteiger charge is 2.19. The summed E-state index contributed by atoms with van der Waals surface area (Å²) in [7, 11) is 3.97. The van der Waals surface area contributed by atoms with Crippen LogP contribution in [-0.4, -0.2) is 100 Å². The van der Waals surface area contributed by atoms with Gasteiger partial charge in [0.2, 0.25) is 20.0 Å². The number of nitrogens with zero attached hydrogens (tertiary/aromatic N) is 5. The smallest absolute Gasteiger partial charge is 0.331 e. The number of hydrogen-bond donors (Lipinski definition) is 4. The molecule has 6 aromatic carbocycles. The van der Waals surface area contributed by atoms with Gasteiger partial charge in [-0.25, -0.2) is 35.9 Å². The first-order chi connectivity index (χ1) is 37.1. The Morgan fingerprint density at radius 2 is 0.897 bits per heavy atom. The Bertz CT molecular complexity index is 3990. The maximum atomic E-state index is 13.4. The van der Waals surface area contributed by atoms with Crippen LogP contribution in [0.15, 0.2) is 162 Å². The number of benzene rings is 6. The van der Waals surface area contributed by atoms with Crippen molar-refractivity contribution in [1.29, 1.82) is 0 Å². The van der Waals surface area contributed by atoms with E-state index in [0.717, 1.165) is 20.3 Å². The van der Waals surface area contributed by atoms with Crippen LogP contribution < -0.4 is 52.0 Å². The minimum absolute atomic E-state index is 0.0603. The standard InChI is InChI=1S/C29H33N5O6S.C26H26N4O6S/c1-32(2)16-15-31-41(38,39)24-12-7-21(8-13-24)19-34-28(36)25-17-22(9-14-26(25)33(3)29(34)37)27(35)30-18-20-5-10-23(40-4)11-6-20;1-27-37(34,35)21-11-6-18(7-12-21)16-30-25(32)22-14-19(8-13-23(22)29(2)26(30)33)24(31)28-15-17-4-9-20(36-3)10-5-17/h5-14,17,31H,15-16,18-19H2,1-4H3,(H,30,35);4-14,27H,15-16H2,1-3H3,(H,28,31). The molecule has 2 aromatic heterocycles. The molecule has 408 valence electrons. The van der Waals surface area contributed by atoms with E-state index < -0.39 is 42.5 Å². The maximum Gasteiger partial charge on any atom is 0.331 e. The van der Waals surface area contributed by atoms with Crippen LogP contribution in [-0.2, 0) is 60.3 Å². The van der Waals surface area contributed by atoms with E-state index in [-0.39, 0.29) is 76.2 Å². The number of hydrogen-bond acceptors (Lipinski definition) is 13. The molecule has 0 bridgehead atoms. The third kappa shape index (κ3) is 13.4. The molecule has 23 heteroatoms. The van der Waals surface area contributed by atoms with E-state index in [1.54, 1.807) is 101 Å². The van der Waals surface area contributed by atoms with Crippen molar-refractivity contribution in [2.75, 3.05) is 48.5 Å². The van der Waals surface area contributed by atoms with Crippen LogP contribution in [0.5, 0.6) is 11.5 Å². The first kappa shape index (κ1) is 57.2. The van der Waals surface area contributed by atoms with E-state index in [1.807, 2.05) is 43.3 Å². The normalized spacial score (nSPS) is 11.5. The quantitative estimate of drug-likeness (QED) is 0.0909. The molecule has 78 heavy (non-hydrogen) atoms. The van der Waals surface area contributed by atoms with Crippen LogP contribution in [0.4, 0.5) is 0 Å². The fourth-order valence-electron chi connectivity index (χ4n) is 8.17. The third-order valence-electron chi connectivity index (χ3n) is 12.7. The Balaban J connectivity index is 0.000000227. The van der Waals surface area contributed by atoms with Gasteiger partial charge in [0.25, 0.3) is 22.9 Å². The molecule has 0 fully saturated rings. The van der Waals surface area contributed by atoms with E-state index >= 15 is 0 Å². The van der Waals surface area contributed by atoms with Crippen LogP contribution in [0.3, 0.4) is 0 Å². The average molecular weight is 1100 g/mol. The summed E-state index contributed by atoms with van der Waals surface area (Å²) in [5.41, 5.74) is 2.12. The number of carbonyl (C=O) groups is 2. The van der Waals surface area contributed by atoms with Crippen LogP contribution in [0.25, 0.3) is 21.8 Å². The molecule has 2 heterocycles. The minimum atomic E-state index is -3.69. The lowest BCUT2D eigenvalue weighted by Crippen LogP contribution is -2.39. The first-order valence-corrected chi connectivity index (χ1v) is 27.2. The maximum absolute atomic E-state index is 13.4. The molecule has 0 aliphatic carbocycles. The van der Waals surface area contributed by atoms with Crippen LogP contribution in [0.2, 0.25) is 0 Å². The molecule has 4 N–H and O–H groups in total. The minimum Gasteiger partial charge on any atom is -0.497 e. The number of sulfonamides is 2. The number of aromatic nitrogens is 4. The molecule has 8 aromatic rings. The monoisotopic (exact) mass is 1100 g/mol. The van der Waals surface area contributed by atoms with Crippen molar-refractivity contribution in [2.45, 2.75) is 36.0 Å². The first-order valence-electron chi connectivity index (χ1n) is 24.2. The second-order valence-corrected chi connectivity index (χ2v) is 21.8. The van der Waals surface area contributed by atoms with Crippen molar-refractivity contribution in [1.82, 2.24) is 43.2 Å². The number of likely N-dealkylation sites (N-methyl/N-ethyl adjacent to an activating group) is 1. The van der Waals surface area contributed by atoms with Crippen molar-refractivity contribution in [3.05, 3.63) is 209 Å². The second-order valence-electron chi connectivity index (χ2n) is 18.2. The summed E-state index contributed by atoms with van der Waals surface area (Å²) in [4.78, 5) is 80.4. The molecule has 0 spiro atoms. The highest BCUT2D eigenvalue weighted by Crippen LogP contribution is 2.18. The van der Waals surface area contributed by atoms with Gasteiger partial charge in [-0.1, -0.05) is 48.5 Å². The highest BCUT2D eigenvalue weighted by molar-refractivity contribution is 7.89. The molecule has 21 nitrogen and oxygen atoms in total. The summed E-state index contributed by atoms with van der Waals surface area (Å²) in [6.07, 6.45) is 0. The van der Waals surface area contributed by atoms with Gasteiger partial charge in [-0.15, -0.1) is 0 Å². The highest BCUT2D eigenvalue weighted by atomic mass is 32.2. The molecular formula is C55H59N9O12S2. The molecular weight excluding hydrogens is 1040 g/mol. The zero-order valence-electron chi connectivity index (χ0n) is 43.9. The summed E-state index contributed by atoms with van der Waals surface area (Å²) >= 11 is 0. The van der Waals surface area contributed by atoms with E-state index in [1.165, 1.54) is 52.6 Å². The molecule has 0 unspecified atom stereocenters.